The Kier molecular flexibility index (Phi) is 5.18. The molecule has 2 N–H and O–H groups in total. The number of nitrogens with one attached hydrogen (secondary N) is 2. The molecule has 0 radical (unpaired) electrons. The highest BCUT2D eigenvalue weighted by atomic mass is 16.2. The summed E-state index contributed by atoms with van der Waals surface area (Å²) in [4.78, 5) is 25.0. The summed E-state index contributed by atoms with van der Waals surface area (Å²) in [5.74, 6) is -0.463. The lowest BCUT2D eigenvalue weighted by Gasteiger charge is -2.17. The second-order valence-electron chi connectivity index (χ2n) is 6.84. The van der Waals surface area contributed by atoms with Crippen molar-refractivity contribution in [1.29, 1.82) is 5.26 Å². The number of carbonyl (C=O) groups excluding carboxylic acids is 2. The number of nitriles is 1. The van der Waals surface area contributed by atoms with Gasteiger partial charge >= 0.3 is 0 Å². The molecule has 0 aliphatic heterocycles. The summed E-state index contributed by atoms with van der Waals surface area (Å²) < 4.78 is 0. The van der Waals surface area contributed by atoms with Crippen LogP contribution in [0.3, 0.4) is 0 Å². The Balaban J connectivity index is 1.53. The Labute approximate surface area is 148 Å². The predicted octanol–water partition coefficient (Wildman–Crippen LogP) is 3.28. The van der Waals surface area contributed by atoms with Crippen molar-refractivity contribution in [2.24, 2.45) is 5.41 Å². The standard InChI is InChI=1S/C20H23N3O2/c21-14-16-7-4-8-17(13-16)23-19(25)20(10-11-20)18(24)22-12-9-15-5-2-1-3-6-15/h4-5,7-8,13H,1-3,6,9-12H2,(H,22,24)(H,23,25). The third-order valence-corrected chi connectivity index (χ3v) is 4.99. The SMILES string of the molecule is N#Cc1cccc(NC(=O)C2(C(=O)NCCC3=CCCCC3)CC2)c1. The first-order chi connectivity index (χ1) is 12.1. The zero-order valence-corrected chi connectivity index (χ0v) is 14.3. The van der Waals surface area contributed by atoms with E-state index in [2.05, 4.69) is 16.7 Å². The number of allylic oxidation sites excluding steroid dienone is 1. The van der Waals surface area contributed by atoms with Gasteiger partial charge in [0.25, 0.3) is 0 Å². The third kappa shape index (κ3) is 4.08. The number of hydrogen-bond acceptors (Lipinski definition) is 3. The van der Waals surface area contributed by atoms with Gasteiger partial charge in [-0.1, -0.05) is 17.7 Å². The van der Waals surface area contributed by atoms with Crippen molar-refractivity contribution in [1.82, 2.24) is 5.32 Å². The van der Waals surface area contributed by atoms with Crippen LogP contribution in [-0.4, -0.2) is 18.4 Å². The molecule has 0 heterocycles. The summed E-state index contributed by atoms with van der Waals surface area (Å²) in [6.45, 7) is 0.587. The van der Waals surface area contributed by atoms with Gasteiger partial charge in [0.2, 0.25) is 11.8 Å². The van der Waals surface area contributed by atoms with E-state index in [0.29, 0.717) is 30.6 Å². The first-order valence-corrected chi connectivity index (χ1v) is 8.92. The molecule has 0 unspecified atom stereocenters. The molecule has 0 saturated heterocycles. The van der Waals surface area contributed by atoms with Crippen molar-refractivity contribution in [2.45, 2.75) is 44.9 Å². The molecular weight excluding hydrogens is 314 g/mol. The molecule has 0 spiro atoms. The molecule has 5 heteroatoms. The quantitative estimate of drug-likeness (QED) is 0.617. The Hall–Kier alpha value is -2.61. The van der Waals surface area contributed by atoms with Crippen molar-refractivity contribution in [3.63, 3.8) is 0 Å². The summed E-state index contributed by atoms with van der Waals surface area (Å²) in [6, 6.07) is 8.77. The zero-order valence-electron chi connectivity index (χ0n) is 14.3. The van der Waals surface area contributed by atoms with Crippen molar-refractivity contribution in [3.8, 4) is 6.07 Å². The van der Waals surface area contributed by atoms with E-state index in [-0.39, 0.29) is 11.8 Å². The second-order valence-corrected chi connectivity index (χ2v) is 6.84. The van der Waals surface area contributed by atoms with Gasteiger partial charge in [0.05, 0.1) is 11.6 Å². The average Bonchev–Trinajstić information content (AvgIpc) is 3.45. The predicted molar refractivity (Wildman–Crippen MR) is 95.6 cm³/mol. The Morgan fingerprint density at radius 3 is 2.72 bits per heavy atom. The van der Waals surface area contributed by atoms with Gasteiger partial charge in [-0.05, 0) is 63.1 Å². The van der Waals surface area contributed by atoms with Gasteiger partial charge in [0.1, 0.15) is 5.41 Å². The minimum Gasteiger partial charge on any atom is -0.355 e. The average molecular weight is 337 g/mol. The van der Waals surface area contributed by atoms with Gasteiger partial charge in [0.15, 0.2) is 0 Å². The monoisotopic (exact) mass is 337 g/mol. The third-order valence-electron chi connectivity index (χ3n) is 4.99. The number of amides is 2. The minimum absolute atomic E-state index is 0.183. The Morgan fingerprint density at radius 1 is 1.20 bits per heavy atom. The van der Waals surface area contributed by atoms with E-state index in [9.17, 15) is 9.59 Å². The van der Waals surface area contributed by atoms with Gasteiger partial charge in [-0.2, -0.15) is 5.26 Å². The molecule has 1 aromatic rings. The lowest BCUT2D eigenvalue weighted by atomic mass is 9.97. The molecule has 2 amide bonds. The lowest BCUT2D eigenvalue weighted by Crippen LogP contribution is -2.40. The van der Waals surface area contributed by atoms with Crippen LogP contribution >= 0.6 is 0 Å². The van der Waals surface area contributed by atoms with Crippen LogP contribution in [0.1, 0.15) is 50.5 Å². The number of nitrogens with zero attached hydrogens (tertiary/aromatic N) is 1. The van der Waals surface area contributed by atoms with Gasteiger partial charge in [-0.3, -0.25) is 9.59 Å². The van der Waals surface area contributed by atoms with Gasteiger partial charge in [-0.15, -0.1) is 0 Å². The van der Waals surface area contributed by atoms with E-state index in [0.717, 1.165) is 19.3 Å². The molecule has 130 valence electrons. The molecule has 0 aromatic heterocycles. The number of rotatable bonds is 6. The van der Waals surface area contributed by atoms with E-state index in [4.69, 9.17) is 5.26 Å². The van der Waals surface area contributed by atoms with E-state index in [1.807, 2.05) is 6.07 Å². The first kappa shape index (κ1) is 17.2. The molecule has 0 bridgehead atoms. The summed E-state index contributed by atoms with van der Waals surface area (Å²) >= 11 is 0. The van der Waals surface area contributed by atoms with Crippen LogP contribution in [0, 0.1) is 16.7 Å². The zero-order chi connectivity index (χ0) is 17.7. The maximum Gasteiger partial charge on any atom is 0.240 e. The Bertz CT molecular complexity index is 742. The van der Waals surface area contributed by atoms with E-state index >= 15 is 0 Å². The highest BCUT2D eigenvalue weighted by molar-refractivity contribution is 6.13. The topological polar surface area (TPSA) is 82.0 Å². The maximum atomic E-state index is 12.5. The lowest BCUT2D eigenvalue weighted by molar-refractivity contribution is -0.134. The molecule has 3 rings (SSSR count). The van der Waals surface area contributed by atoms with E-state index in [1.165, 1.54) is 18.4 Å². The van der Waals surface area contributed by atoms with Crippen molar-refractivity contribution < 1.29 is 9.59 Å². The molecule has 2 aliphatic carbocycles. The summed E-state index contributed by atoms with van der Waals surface area (Å²) in [6.07, 6.45) is 9.04. The second kappa shape index (κ2) is 7.52. The molecule has 25 heavy (non-hydrogen) atoms. The van der Waals surface area contributed by atoms with Crippen molar-refractivity contribution in [3.05, 3.63) is 41.5 Å². The van der Waals surface area contributed by atoms with E-state index in [1.54, 1.807) is 24.3 Å². The highest BCUT2D eigenvalue weighted by Gasteiger charge is 2.56. The van der Waals surface area contributed by atoms with Crippen molar-refractivity contribution >= 4 is 17.5 Å². The molecule has 2 aliphatic rings. The van der Waals surface area contributed by atoms with Crippen LogP contribution in [0.5, 0.6) is 0 Å². The van der Waals surface area contributed by atoms with Crippen LogP contribution in [0.4, 0.5) is 5.69 Å². The largest absolute Gasteiger partial charge is 0.355 e. The number of anilines is 1. The Morgan fingerprint density at radius 2 is 2.04 bits per heavy atom. The van der Waals surface area contributed by atoms with Crippen LogP contribution < -0.4 is 10.6 Å². The van der Waals surface area contributed by atoms with Crippen LogP contribution in [-0.2, 0) is 9.59 Å². The normalized spacial score (nSPS) is 17.8. The molecule has 1 aromatic carbocycles. The fourth-order valence-corrected chi connectivity index (χ4v) is 3.24. The molecular formula is C20H23N3O2. The van der Waals surface area contributed by atoms with Crippen LogP contribution in [0.15, 0.2) is 35.9 Å². The van der Waals surface area contributed by atoms with Crippen LogP contribution in [0.2, 0.25) is 0 Å². The van der Waals surface area contributed by atoms with Gasteiger partial charge in [-0.25, -0.2) is 0 Å². The van der Waals surface area contributed by atoms with Gasteiger partial charge < -0.3 is 10.6 Å². The molecule has 0 atom stereocenters. The molecule has 1 saturated carbocycles. The molecule has 1 fully saturated rings. The van der Waals surface area contributed by atoms with Gasteiger partial charge in [0, 0.05) is 12.2 Å². The van der Waals surface area contributed by atoms with E-state index < -0.39 is 5.41 Å². The summed E-state index contributed by atoms with van der Waals surface area (Å²) in [5, 5.41) is 14.6. The van der Waals surface area contributed by atoms with Crippen LogP contribution in [0.25, 0.3) is 0 Å². The maximum absolute atomic E-state index is 12.5. The smallest absolute Gasteiger partial charge is 0.240 e. The summed E-state index contributed by atoms with van der Waals surface area (Å²) in [7, 11) is 0. The number of hydrogen-bond donors (Lipinski definition) is 2. The highest BCUT2D eigenvalue weighted by Crippen LogP contribution is 2.46. The fourth-order valence-electron chi connectivity index (χ4n) is 3.24. The molecule has 5 nitrogen and oxygen atoms in total. The summed E-state index contributed by atoms with van der Waals surface area (Å²) in [5.41, 5.74) is 1.50. The number of carbonyl (C=O) groups is 2. The first-order valence-electron chi connectivity index (χ1n) is 8.92. The number of benzene rings is 1. The minimum atomic E-state index is -0.941. The fraction of sp³-hybridized carbons (Fsp3) is 0.450. The van der Waals surface area contributed by atoms with Crippen molar-refractivity contribution in [2.75, 3.05) is 11.9 Å².